The fraction of sp³-hybridized carbons (Fsp3) is 0.286. The number of benzene rings is 1. The summed E-state index contributed by atoms with van der Waals surface area (Å²) >= 11 is 0. The van der Waals surface area contributed by atoms with Crippen LogP contribution in [0.4, 0.5) is 5.69 Å². The van der Waals surface area contributed by atoms with Gasteiger partial charge in [-0.05, 0) is 36.8 Å². The van der Waals surface area contributed by atoms with Crippen LogP contribution in [0, 0.1) is 11.3 Å². The molecule has 18 heavy (non-hydrogen) atoms. The molecule has 0 atom stereocenters. The van der Waals surface area contributed by atoms with Gasteiger partial charge in [0.05, 0.1) is 16.8 Å². The van der Waals surface area contributed by atoms with E-state index in [2.05, 4.69) is 22.5 Å². The van der Waals surface area contributed by atoms with E-state index in [1.807, 2.05) is 6.07 Å². The number of aromatic nitrogens is 1. The maximum absolute atomic E-state index is 9.06. The van der Waals surface area contributed by atoms with Crippen molar-refractivity contribution in [1.82, 2.24) is 4.98 Å². The van der Waals surface area contributed by atoms with Gasteiger partial charge in [-0.1, -0.05) is 12.1 Å². The van der Waals surface area contributed by atoms with Crippen LogP contribution in [-0.4, -0.2) is 4.98 Å². The molecule has 0 spiro atoms. The highest BCUT2D eigenvalue weighted by atomic mass is 15.2. The third-order valence-electron chi connectivity index (χ3n) is 3.63. The first kappa shape index (κ1) is 11.0. The molecule has 1 heterocycles. The summed E-state index contributed by atoms with van der Waals surface area (Å²) < 4.78 is 0. The zero-order valence-electron chi connectivity index (χ0n) is 10.0. The number of aryl methyl sites for hydroxylation is 2. The van der Waals surface area contributed by atoms with Crippen molar-refractivity contribution in [3.8, 4) is 6.07 Å². The Labute approximate surface area is 105 Å². The van der Waals surface area contributed by atoms with E-state index in [-0.39, 0.29) is 0 Å². The summed E-state index contributed by atoms with van der Waals surface area (Å²) in [5, 5.41) is 10.0. The molecule has 3 rings (SSSR count). The van der Waals surface area contributed by atoms with E-state index in [9.17, 15) is 0 Å². The van der Waals surface area contributed by atoms with E-state index in [1.54, 1.807) is 6.20 Å². The molecular weight excluding hydrogens is 224 g/mol. The van der Waals surface area contributed by atoms with E-state index >= 15 is 0 Å². The second-order valence-corrected chi connectivity index (χ2v) is 4.61. The Morgan fingerprint density at radius 1 is 1.28 bits per heavy atom. The van der Waals surface area contributed by atoms with E-state index < -0.39 is 0 Å². The molecule has 0 unspecified atom stereocenters. The Morgan fingerprint density at radius 2 is 2.11 bits per heavy atom. The number of hydrogen-bond donors (Lipinski definition) is 2. The van der Waals surface area contributed by atoms with E-state index in [0.29, 0.717) is 11.3 Å². The molecule has 0 saturated carbocycles. The third kappa shape index (κ3) is 1.52. The Balaban J connectivity index is 2.35. The van der Waals surface area contributed by atoms with Crippen LogP contribution in [0.2, 0.25) is 0 Å². The first-order valence-electron chi connectivity index (χ1n) is 6.15. The Bertz CT molecular complexity index is 655. The van der Waals surface area contributed by atoms with Gasteiger partial charge < -0.3 is 5.43 Å². The smallest absolute Gasteiger partial charge is 0.103 e. The molecule has 2 aromatic rings. The van der Waals surface area contributed by atoms with Gasteiger partial charge in [-0.3, -0.25) is 10.8 Å². The van der Waals surface area contributed by atoms with Gasteiger partial charge in [0.2, 0.25) is 0 Å². The van der Waals surface area contributed by atoms with Crippen molar-refractivity contribution in [2.75, 3.05) is 5.43 Å². The van der Waals surface area contributed by atoms with Crippen molar-refractivity contribution in [1.29, 1.82) is 5.26 Å². The van der Waals surface area contributed by atoms with Crippen LogP contribution >= 0.6 is 0 Å². The number of nitriles is 1. The van der Waals surface area contributed by atoms with Crippen molar-refractivity contribution < 1.29 is 0 Å². The molecular formula is C14H14N4. The van der Waals surface area contributed by atoms with Crippen molar-refractivity contribution >= 4 is 16.6 Å². The van der Waals surface area contributed by atoms with Crippen molar-refractivity contribution in [3.05, 3.63) is 35.0 Å². The topological polar surface area (TPSA) is 74.7 Å². The largest absolute Gasteiger partial charge is 0.322 e. The SMILES string of the molecule is N#Cc1cnc2c3c(ccc2c1NN)CCCC3. The molecule has 4 nitrogen and oxygen atoms in total. The predicted molar refractivity (Wildman–Crippen MR) is 70.9 cm³/mol. The van der Waals surface area contributed by atoms with Gasteiger partial charge in [0.15, 0.2) is 0 Å². The number of hydrogen-bond acceptors (Lipinski definition) is 4. The maximum atomic E-state index is 9.06. The number of nitrogens with two attached hydrogens (primary N) is 1. The minimum atomic E-state index is 0.487. The second kappa shape index (κ2) is 4.28. The van der Waals surface area contributed by atoms with Gasteiger partial charge in [0, 0.05) is 11.6 Å². The van der Waals surface area contributed by atoms with Crippen LogP contribution < -0.4 is 11.3 Å². The highest BCUT2D eigenvalue weighted by Gasteiger charge is 2.16. The standard InChI is InChI=1S/C14H14N4/c15-7-10-8-17-14-11-4-2-1-3-9(11)5-6-12(14)13(10)18-16/h5-6,8H,1-4,16H2,(H,17,18). The van der Waals surface area contributed by atoms with Crippen LogP contribution in [0.15, 0.2) is 18.3 Å². The van der Waals surface area contributed by atoms with Gasteiger partial charge in [-0.25, -0.2) is 0 Å². The predicted octanol–water partition coefficient (Wildman–Crippen LogP) is 2.27. The molecule has 3 N–H and O–H groups in total. The van der Waals surface area contributed by atoms with Crippen molar-refractivity contribution in [2.45, 2.75) is 25.7 Å². The zero-order chi connectivity index (χ0) is 12.5. The van der Waals surface area contributed by atoms with Crippen LogP contribution in [0.5, 0.6) is 0 Å². The minimum Gasteiger partial charge on any atom is -0.322 e. The summed E-state index contributed by atoms with van der Waals surface area (Å²) in [5.74, 6) is 5.54. The summed E-state index contributed by atoms with van der Waals surface area (Å²) in [7, 11) is 0. The molecule has 1 aliphatic rings. The van der Waals surface area contributed by atoms with Gasteiger partial charge in [-0.15, -0.1) is 0 Å². The van der Waals surface area contributed by atoms with Crippen LogP contribution in [0.25, 0.3) is 10.9 Å². The van der Waals surface area contributed by atoms with E-state index in [1.165, 1.54) is 24.0 Å². The van der Waals surface area contributed by atoms with E-state index in [0.717, 1.165) is 23.7 Å². The molecule has 1 aromatic heterocycles. The Hall–Kier alpha value is -2.12. The number of pyridine rings is 1. The quantitative estimate of drug-likeness (QED) is 0.590. The molecule has 0 radical (unpaired) electrons. The summed E-state index contributed by atoms with van der Waals surface area (Å²) in [6.45, 7) is 0. The van der Waals surface area contributed by atoms with Gasteiger partial charge in [-0.2, -0.15) is 5.26 Å². The third-order valence-corrected chi connectivity index (χ3v) is 3.63. The highest BCUT2D eigenvalue weighted by Crippen LogP contribution is 2.32. The van der Waals surface area contributed by atoms with Crippen LogP contribution in [0.1, 0.15) is 29.5 Å². The summed E-state index contributed by atoms with van der Waals surface area (Å²) in [4.78, 5) is 4.46. The molecule has 90 valence electrons. The molecule has 0 fully saturated rings. The lowest BCUT2D eigenvalue weighted by Crippen LogP contribution is -2.11. The normalized spacial score (nSPS) is 14.0. The first-order valence-corrected chi connectivity index (χ1v) is 6.15. The second-order valence-electron chi connectivity index (χ2n) is 4.61. The summed E-state index contributed by atoms with van der Waals surface area (Å²) in [6, 6.07) is 6.27. The average molecular weight is 238 g/mol. The molecule has 0 bridgehead atoms. The van der Waals surface area contributed by atoms with Crippen LogP contribution in [-0.2, 0) is 12.8 Å². The van der Waals surface area contributed by atoms with E-state index in [4.69, 9.17) is 11.1 Å². The Kier molecular flexibility index (Phi) is 2.62. The fourth-order valence-electron chi connectivity index (χ4n) is 2.74. The van der Waals surface area contributed by atoms with Gasteiger partial charge in [0.1, 0.15) is 6.07 Å². The van der Waals surface area contributed by atoms with Crippen molar-refractivity contribution in [3.63, 3.8) is 0 Å². The fourth-order valence-corrected chi connectivity index (χ4v) is 2.74. The zero-order valence-corrected chi connectivity index (χ0v) is 10.0. The number of hydrazine groups is 1. The summed E-state index contributed by atoms with van der Waals surface area (Å²) in [6.07, 6.45) is 6.25. The number of fused-ring (bicyclic) bond motifs is 3. The maximum Gasteiger partial charge on any atom is 0.103 e. The number of anilines is 1. The monoisotopic (exact) mass is 238 g/mol. The lowest BCUT2D eigenvalue weighted by atomic mass is 9.89. The van der Waals surface area contributed by atoms with Gasteiger partial charge >= 0.3 is 0 Å². The minimum absolute atomic E-state index is 0.487. The highest BCUT2D eigenvalue weighted by molar-refractivity contribution is 5.96. The molecule has 0 aliphatic heterocycles. The molecule has 0 amide bonds. The summed E-state index contributed by atoms with van der Waals surface area (Å²) in [5.41, 5.74) is 7.49. The average Bonchev–Trinajstić information content (AvgIpc) is 2.45. The van der Waals surface area contributed by atoms with Crippen LogP contribution in [0.3, 0.4) is 0 Å². The number of rotatable bonds is 1. The molecule has 0 saturated heterocycles. The Morgan fingerprint density at radius 3 is 2.89 bits per heavy atom. The lowest BCUT2D eigenvalue weighted by Gasteiger charge is -2.18. The molecule has 1 aromatic carbocycles. The van der Waals surface area contributed by atoms with Gasteiger partial charge in [0.25, 0.3) is 0 Å². The number of nitrogen functional groups attached to an aromatic ring is 1. The molecule has 4 heteroatoms. The number of nitrogens with one attached hydrogen (secondary N) is 1. The first-order chi connectivity index (χ1) is 8.85. The lowest BCUT2D eigenvalue weighted by molar-refractivity contribution is 0.689. The number of nitrogens with zero attached hydrogens (tertiary/aromatic N) is 2. The molecule has 1 aliphatic carbocycles. The van der Waals surface area contributed by atoms with Crippen molar-refractivity contribution in [2.24, 2.45) is 5.84 Å².